The van der Waals surface area contributed by atoms with Crippen LogP contribution in [-0.4, -0.2) is 22.5 Å². The van der Waals surface area contributed by atoms with E-state index in [0.717, 1.165) is 16.8 Å². The van der Waals surface area contributed by atoms with Gasteiger partial charge in [0, 0.05) is 31.2 Å². The summed E-state index contributed by atoms with van der Waals surface area (Å²) in [5.41, 5.74) is 2.80. The molecule has 0 bridgehead atoms. The lowest BCUT2D eigenvalue weighted by atomic mass is 10.2. The van der Waals surface area contributed by atoms with E-state index >= 15 is 0 Å². The number of nitrogens with one attached hydrogen (secondary N) is 1. The van der Waals surface area contributed by atoms with Gasteiger partial charge in [0.2, 0.25) is 0 Å². The van der Waals surface area contributed by atoms with Crippen molar-refractivity contribution in [3.05, 3.63) is 59.9 Å². The first kappa shape index (κ1) is 15.5. The third-order valence-corrected chi connectivity index (χ3v) is 3.18. The summed E-state index contributed by atoms with van der Waals surface area (Å²) in [5.74, 6) is 0. The first-order valence-corrected chi connectivity index (χ1v) is 7.07. The second kappa shape index (κ2) is 7.79. The van der Waals surface area contributed by atoms with Gasteiger partial charge in [-0.1, -0.05) is 23.8 Å². The molecule has 1 aromatic heterocycles. The first-order valence-electron chi connectivity index (χ1n) is 7.07. The number of rotatable bonds is 5. The number of nitriles is 1. The van der Waals surface area contributed by atoms with Gasteiger partial charge < -0.3 is 10.2 Å². The molecule has 1 aromatic carbocycles. The van der Waals surface area contributed by atoms with Crippen molar-refractivity contribution in [2.24, 2.45) is 0 Å². The topological polar surface area (TPSA) is 69.0 Å². The molecule has 0 aliphatic rings. The minimum absolute atomic E-state index is 0.219. The Kier molecular flexibility index (Phi) is 5.50. The van der Waals surface area contributed by atoms with Crippen LogP contribution in [-0.2, 0) is 6.54 Å². The summed E-state index contributed by atoms with van der Waals surface area (Å²) in [7, 11) is 0. The molecule has 0 spiro atoms. The van der Waals surface area contributed by atoms with E-state index in [4.69, 9.17) is 5.26 Å². The maximum absolute atomic E-state index is 12.4. The molecule has 0 radical (unpaired) electrons. The SMILES string of the molecule is Cc1ccc(NC(=O)N(CCC#N)Cc2cccnc2)cc1. The van der Waals surface area contributed by atoms with Crippen molar-refractivity contribution in [3.8, 4) is 6.07 Å². The number of nitrogens with zero attached hydrogens (tertiary/aromatic N) is 3. The molecule has 0 saturated heterocycles. The molecule has 5 nitrogen and oxygen atoms in total. The van der Waals surface area contributed by atoms with Crippen molar-refractivity contribution in [1.82, 2.24) is 9.88 Å². The van der Waals surface area contributed by atoms with Crippen LogP contribution in [0.15, 0.2) is 48.8 Å². The van der Waals surface area contributed by atoms with Crippen LogP contribution in [0.1, 0.15) is 17.5 Å². The molecule has 0 aliphatic carbocycles. The van der Waals surface area contributed by atoms with Crippen LogP contribution in [0, 0.1) is 18.3 Å². The molecular weight excluding hydrogens is 276 g/mol. The Bertz CT molecular complexity index is 647. The van der Waals surface area contributed by atoms with Crippen LogP contribution in [0.5, 0.6) is 0 Å². The smallest absolute Gasteiger partial charge is 0.319 e. The zero-order valence-corrected chi connectivity index (χ0v) is 12.5. The molecule has 22 heavy (non-hydrogen) atoms. The Labute approximate surface area is 130 Å². The lowest BCUT2D eigenvalue weighted by Crippen LogP contribution is -2.35. The predicted octanol–water partition coefficient (Wildman–Crippen LogP) is 3.34. The summed E-state index contributed by atoms with van der Waals surface area (Å²) < 4.78 is 0. The zero-order valence-electron chi connectivity index (χ0n) is 12.5. The minimum atomic E-state index is -0.219. The minimum Gasteiger partial charge on any atom is -0.319 e. The predicted molar refractivity (Wildman–Crippen MR) is 85.1 cm³/mol. The van der Waals surface area contributed by atoms with Crippen LogP contribution in [0.2, 0.25) is 0 Å². The molecule has 1 heterocycles. The van der Waals surface area contributed by atoms with Gasteiger partial charge in [0.05, 0.1) is 12.5 Å². The van der Waals surface area contributed by atoms with Crippen molar-refractivity contribution in [3.63, 3.8) is 0 Å². The van der Waals surface area contributed by atoms with Crippen LogP contribution in [0.25, 0.3) is 0 Å². The maximum Gasteiger partial charge on any atom is 0.322 e. The third-order valence-electron chi connectivity index (χ3n) is 3.18. The quantitative estimate of drug-likeness (QED) is 0.919. The van der Waals surface area contributed by atoms with E-state index in [1.807, 2.05) is 43.3 Å². The summed E-state index contributed by atoms with van der Waals surface area (Å²) in [5, 5.41) is 11.6. The Balaban J connectivity index is 2.05. The van der Waals surface area contributed by atoms with Gasteiger partial charge in [0.1, 0.15) is 0 Å². The maximum atomic E-state index is 12.4. The molecule has 1 N–H and O–H groups in total. The second-order valence-electron chi connectivity index (χ2n) is 4.99. The van der Waals surface area contributed by atoms with E-state index in [-0.39, 0.29) is 6.03 Å². The van der Waals surface area contributed by atoms with Crippen molar-refractivity contribution in [1.29, 1.82) is 5.26 Å². The van der Waals surface area contributed by atoms with Gasteiger partial charge in [0.15, 0.2) is 0 Å². The molecule has 0 unspecified atom stereocenters. The van der Waals surface area contributed by atoms with Gasteiger partial charge >= 0.3 is 6.03 Å². The van der Waals surface area contributed by atoms with Gasteiger partial charge in [0.25, 0.3) is 0 Å². The molecule has 0 saturated carbocycles. The van der Waals surface area contributed by atoms with Gasteiger partial charge in [-0.05, 0) is 30.7 Å². The number of hydrogen-bond acceptors (Lipinski definition) is 3. The summed E-state index contributed by atoms with van der Waals surface area (Å²) >= 11 is 0. The van der Waals surface area contributed by atoms with E-state index in [1.165, 1.54) is 0 Å². The largest absolute Gasteiger partial charge is 0.322 e. The average Bonchev–Trinajstić information content (AvgIpc) is 2.54. The van der Waals surface area contributed by atoms with Gasteiger partial charge in [-0.25, -0.2) is 4.79 Å². The number of amides is 2. The highest BCUT2D eigenvalue weighted by molar-refractivity contribution is 5.89. The molecule has 112 valence electrons. The fourth-order valence-corrected chi connectivity index (χ4v) is 1.99. The van der Waals surface area contributed by atoms with E-state index in [9.17, 15) is 4.79 Å². The lowest BCUT2D eigenvalue weighted by molar-refractivity contribution is 0.210. The number of carbonyl (C=O) groups excluding carboxylic acids is 1. The molecule has 2 rings (SSSR count). The standard InChI is InChI=1S/C17H18N4O/c1-14-5-7-16(8-6-14)20-17(22)21(11-3-9-18)13-15-4-2-10-19-12-15/h2,4-8,10,12H,3,11,13H2,1H3,(H,20,22). The monoisotopic (exact) mass is 294 g/mol. The van der Waals surface area contributed by atoms with Crippen LogP contribution in [0.4, 0.5) is 10.5 Å². The Hall–Kier alpha value is -2.87. The fraction of sp³-hybridized carbons (Fsp3) is 0.235. The van der Waals surface area contributed by atoms with E-state index in [0.29, 0.717) is 19.5 Å². The number of aromatic nitrogens is 1. The summed E-state index contributed by atoms with van der Waals surface area (Å²) in [6, 6.07) is 13.2. The highest BCUT2D eigenvalue weighted by atomic mass is 16.2. The molecule has 0 aliphatic heterocycles. The lowest BCUT2D eigenvalue weighted by Gasteiger charge is -2.22. The van der Waals surface area contributed by atoms with Crippen molar-refractivity contribution < 1.29 is 4.79 Å². The summed E-state index contributed by atoms with van der Waals surface area (Å²) in [4.78, 5) is 18.1. The van der Waals surface area contributed by atoms with Crippen LogP contribution < -0.4 is 5.32 Å². The molecular formula is C17H18N4O. The Morgan fingerprint density at radius 3 is 2.73 bits per heavy atom. The number of aryl methyl sites for hydroxylation is 1. The number of urea groups is 1. The molecule has 0 fully saturated rings. The van der Waals surface area contributed by atoms with E-state index in [2.05, 4.69) is 16.4 Å². The van der Waals surface area contributed by atoms with Crippen molar-refractivity contribution >= 4 is 11.7 Å². The number of benzene rings is 1. The van der Waals surface area contributed by atoms with Crippen molar-refractivity contribution in [2.45, 2.75) is 19.9 Å². The molecule has 2 amide bonds. The number of pyridine rings is 1. The number of anilines is 1. The van der Waals surface area contributed by atoms with E-state index in [1.54, 1.807) is 17.3 Å². The molecule has 2 aromatic rings. The summed E-state index contributed by atoms with van der Waals surface area (Å²) in [6.07, 6.45) is 3.70. The highest BCUT2D eigenvalue weighted by Gasteiger charge is 2.14. The molecule has 0 atom stereocenters. The Morgan fingerprint density at radius 2 is 2.09 bits per heavy atom. The zero-order chi connectivity index (χ0) is 15.8. The second-order valence-corrected chi connectivity index (χ2v) is 4.99. The normalized spacial score (nSPS) is 9.82. The van der Waals surface area contributed by atoms with Crippen LogP contribution in [0.3, 0.4) is 0 Å². The van der Waals surface area contributed by atoms with Crippen molar-refractivity contribution in [2.75, 3.05) is 11.9 Å². The van der Waals surface area contributed by atoms with Gasteiger partial charge in [-0.3, -0.25) is 4.98 Å². The highest BCUT2D eigenvalue weighted by Crippen LogP contribution is 2.11. The average molecular weight is 294 g/mol. The summed E-state index contributed by atoms with van der Waals surface area (Å²) in [6.45, 7) is 2.80. The molecule has 5 heteroatoms. The fourth-order valence-electron chi connectivity index (χ4n) is 1.99. The van der Waals surface area contributed by atoms with Crippen LogP contribution >= 0.6 is 0 Å². The number of carbonyl (C=O) groups is 1. The number of hydrogen-bond donors (Lipinski definition) is 1. The first-order chi connectivity index (χ1) is 10.7. The van der Waals surface area contributed by atoms with E-state index < -0.39 is 0 Å². The van der Waals surface area contributed by atoms with Gasteiger partial charge in [-0.2, -0.15) is 5.26 Å². The Morgan fingerprint density at radius 1 is 1.32 bits per heavy atom. The van der Waals surface area contributed by atoms with Gasteiger partial charge in [-0.15, -0.1) is 0 Å². The third kappa shape index (κ3) is 4.60.